The molecular weight excluding hydrogens is 312 g/mol. The Bertz CT molecular complexity index is 831. The van der Waals surface area contributed by atoms with Crippen molar-refractivity contribution in [3.05, 3.63) is 72.3 Å². The van der Waals surface area contributed by atoms with Crippen LogP contribution in [0, 0.1) is 0 Å². The second-order valence-corrected chi connectivity index (χ2v) is 5.95. The van der Waals surface area contributed by atoms with Gasteiger partial charge in [-0.15, -0.1) is 0 Å². The summed E-state index contributed by atoms with van der Waals surface area (Å²) in [5, 5.41) is 7.78. The predicted molar refractivity (Wildman–Crippen MR) is 101 cm³/mol. The van der Waals surface area contributed by atoms with Crippen molar-refractivity contribution in [2.24, 2.45) is 12.0 Å². The highest BCUT2D eigenvalue weighted by atomic mass is 15.3. The van der Waals surface area contributed by atoms with Crippen LogP contribution < -0.4 is 5.32 Å². The molecule has 0 fully saturated rings. The fourth-order valence-electron chi connectivity index (χ4n) is 2.83. The van der Waals surface area contributed by atoms with Crippen LogP contribution in [0.5, 0.6) is 0 Å². The van der Waals surface area contributed by atoms with Crippen LogP contribution in [0.3, 0.4) is 0 Å². The normalized spacial score (nSPS) is 11.6. The lowest BCUT2D eigenvalue weighted by molar-refractivity contribution is 0.461. The zero-order chi connectivity index (χ0) is 17.6. The molecule has 0 aliphatic carbocycles. The van der Waals surface area contributed by atoms with Crippen LogP contribution in [0.25, 0.3) is 5.69 Å². The lowest BCUT2D eigenvalue weighted by atomic mass is 10.2. The second kappa shape index (κ2) is 7.70. The van der Waals surface area contributed by atoms with Crippen molar-refractivity contribution in [3.8, 4) is 5.69 Å². The Morgan fingerprint density at radius 1 is 1.16 bits per heavy atom. The van der Waals surface area contributed by atoms with E-state index in [0.29, 0.717) is 6.54 Å². The smallest absolute Gasteiger partial charge is 0.194 e. The van der Waals surface area contributed by atoms with E-state index in [4.69, 9.17) is 0 Å². The maximum absolute atomic E-state index is 4.41. The summed E-state index contributed by atoms with van der Waals surface area (Å²) in [5.41, 5.74) is 3.47. The van der Waals surface area contributed by atoms with Gasteiger partial charge >= 0.3 is 0 Å². The third kappa shape index (κ3) is 3.91. The van der Waals surface area contributed by atoms with E-state index in [9.17, 15) is 0 Å². The summed E-state index contributed by atoms with van der Waals surface area (Å²) >= 11 is 0. The molecular formula is C19H24N6. The van der Waals surface area contributed by atoms with E-state index >= 15 is 0 Å². The molecule has 130 valence electrons. The molecule has 0 saturated heterocycles. The number of rotatable bonds is 5. The van der Waals surface area contributed by atoms with Crippen LogP contribution in [0.2, 0.25) is 0 Å². The maximum Gasteiger partial charge on any atom is 0.194 e. The van der Waals surface area contributed by atoms with Crippen LogP contribution in [-0.2, 0) is 20.1 Å². The molecule has 0 unspecified atom stereocenters. The molecule has 1 N–H and O–H groups in total. The van der Waals surface area contributed by atoms with Gasteiger partial charge in [-0.3, -0.25) is 4.99 Å². The lowest BCUT2D eigenvalue weighted by Gasteiger charge is -2.23. The summed E-state index contributed by atoms with van der Waals surface area (Å²) in [4.78, 5) is 6.52. The molecule has 3 rings (SSSR count). The number of aliphatic imine (C=N–C) groups is 1. The van der Waals surface area contributed by atoms with E-state index in [1.807, 2.05) is 43.2 Å². The average molecular weight is 336 g/mol. The molecule has 25 heavy (non-hydrogen) atoms. The number of aromatic nitrogens is 3. The van der Waals surface area contributed by atoms with E-state index < -0.39 is 0 Å². The van der Waals surface area contributed by atoms with Gasteiger partial charge in [-0.1, -0.05) is 18.2 Å². The van der Waals surface area contributed by atoms with Gasteiger partial charge in [0.05, 0.1) is 12.2 Å². The minimum Gasteiger partial charge on any atom is -0.353 e. The third-order valence-corrected chi connectivity index (χ3v) is 4.20. The van der Waals surface area contributed by atoms with Gasteiger partial charge in [-0.2, -0.15) is 5.10 Å². The highest BCUT2D eigenvalue weighted by molar-refractivity contribution is 5.79. The molecule has 2 heterocycles. The van der Waals surface area contributed by atoms with E-state index in [2.05, 4.69) is 62.4 Å². The SMILES string of the molecule is CN=C(NCc1ccccc1-n1cccn1)N(C)Cc1cccn1C. The number of guanidine groups is 1. The molecule has 0 bridgehead atoms. The summed E-state index contributed by atoms with van der Waals surface area (Å²) < 4.78 is 4.00. The monoisotopic (exact) mass is 336 g/mol. The Balaban J connectivity index is 1.69. The van der Waals surface area contributed by atoms with Crippen molar-refractivity contribution < 1.29 is 0 Å². The van der Waals surface area contributed by atoms with Gasteiger partial charge < -0.3 is 14.8 Å². The van der Waals surface area contributed by atoms with Crippen molar-refractivity contribution in [2.75, 3.05) is 14.1 Å². The summed E-state index contributed by atoms with van der Waals surface area (Å²) in [6, 6.07) is 14.3. The molecule has 0 spiro atoms. The number of nitrogens with zero attached hydrogens (tertiary/aromatic N) is 5. The van der Waals surface area contributed by atoms with Crippen molar-refractivity contribution in [1.29, 1.82) is 0 Å². The molecule has 0 aliphatic rings. The van der Waals surface area contributed by atoms with Gasteiger partial charge in [-0.25, -0.2) is 4.68 Å². The number of aryl methyl sites for hydroxylation is 1. The first kappa shape index (κ1) is 16.8. The van der Waals surface area contributed by atoms with Crippen molar-refractivity contribution in [3.63, 3.8) is 0 Å². The molecule has 0 aliphatic heterocycles. The zero-order valence-corrected chi connectivity index (χ0v) is 14.9. The Hall–Kier alpha value is -3.02. The molecule has 0 amide bonds. The third-order valence-electron chi connectivity index (χ3n) is 4.20. The van der Waals surface area contributed by atoms with E-state index in [0.717, 1.165) is 18.2 Å². The van der Waals surface area contributed by atoms with Crippen LogP contribution in [-0.4, -0.2) is 39.3 Å². The summed E-state index contributed by atoms with van der Waals surface area (Å²) in [6.45, 7) is 1.48. The molecule has 1 aromatic carbocycles. The molecule has 0 radical (unpaired) electrons. The molecule has 0 saturated carbocycles. The summed E-state index contributed by atoms with van der Waals surface area (Å²) in [6.07, 6.45) is 5.80. The minimum absolute atomic E-state index is 0.681. The Morgan fingerprint density at radius 2 is 2.00 bits per heavy atom. The number of hydrogen-bond acceptors (Lipinski definition) is 2. The number of benzene rings is 1. The molecule has 2 aromatic heterocycles. The molecule has 6 nitrogen and oxygen atoms in total. The van der Waals surface area contributed by atoms with Crippen molar-refractivity contribution >= 4 is 5.96 Å². The first-order valence-electron chi connectivity index (χ1n) is 8.29. The van der Waals surface area contributed by atoms with Crippen molar-refractivity contribution in [1.82, 2.24) is 24.6 Å². The Kier molecular flexibility index (Phi) is 5.18. The second-order valence-electron chi connectivity index (χ2n) is 5.95. The van der Waals surface area contributed by atoms with Crippen LogP contribution >= 0.6 is 0 Å². The number of nitrogens with one attached hydrogen (secondary N) is 1. The average Bonchev–Trinajstić information content (AvgIpc) is 3.28. The van der Waals surface area contributed by atoms with E-state index in [1.165, 1.54) is 11.3 Å². The summed E-state index contributed by atoms with van der Waals surface area (Å²) in [5.74, 6) is 0.858. The minimum atomic E-state index is 0.681. The fraction of sp³-hybridized carbons (Fsp3) is 0.263. The van der Waals surface area contributed by atoms with Crippen LogP contribution in [0.4, 0.5) is 0 Å². The topological polar surface area (TPSA) is 50.4 Å². The van der Waals surface area contributed by atoms with Crippen LogP contribution in [0.15, 0.2) is 66.0 Å². The molecule has 0 atom stereocenters. The van der Waals surface area contributed by atoms with Crippen LogP contribution in [0.1, 0.15) is 11.3 Å². The van der Waals surface area contributed by atoms with Gasteiger partial charge in [-0.05, 0) is 29.8 Å². The maximum atomic E-state index is 4.41. The molecule has 6 heteroatoms. The van der Waals surface area contributed by atoms with Gasteiger partial charge in [0.1, 0.15) is 0 Å². The number of hydrogen-bond donors (Lipinski definition) is 1. The van der Waals surface area contributed by atoms with Gasteiger partial charge in [0.15, 0.2) is 5.96 Å². The molecule has 3 aromatic rings. The quantitative estimate of drug-likeness (QED) is 0.575. The standard InChI is InChI=1S/C19H24N6/c1-20-19(24(3)15-17-9-6-12-23(17)2)21-14-16-8-4-5-10-18(16)25-13-7-11-22-25/h4-13H,14-15H2,1-3H3,(H,20,21). The highest BCUT2D eigenvalue weighted by Crippen LogP contribution is 2.13. The lowest BCUT2D eigenvalue weighted by Crippen LogP contribution is -2.38. The van der Waals surface area contributed by atoms with Crippen molar-refractivity contribution in [2.45, 2.75) is 13.1 Å². The highest BCUT2D eigenvalue weighted by Gasteiger charge is 2.10. The van der Waals surface area contributed by atoms with Gasteiger partial charge in [0.25, 0.3) is 0 Å². The largest absolute Gasteiger partial charge is 0.353 e. The predicted octanol–water partition coefficient (Wildman–Crippen LogP) is 2.42. The first-order valence-corrected chi connectivity index (χ1v) is 8.29. The van der Waals surface area contributed by atoms with E-state index in [1.54, 1.807) is 6.20 Å². The number of para-hydroxylation sites is 1. The Morgan fingerprint density at radius 3 is 2.68 bits per heavy atom. The first-order chi connectivity index (χ1) is 12.2. The summed E-state index contributed by atoms with van der Waals surface area (Å²) in [7, 11) is 5.91. The Labute approximate surface area is 148 Å². The fourth-order valence-corrected chi connectivity index (χ4v) is 2.83. The van der Waals surface area contributed by atoms with Gasteiger partial charge in [0.2, 0.25) is 0 Å². The van der Waals surface area contributed by atoms with Gasteiger partial charge in [0, 0.05) is 52.0 Å². The zero-order valence-electron chi connectivity index (χ0n) is 14.9. The van der Waals surface area contributed by atoms with E-state index in [-0.39, 0.29) is 0 Å².